The Kier molecular flexibility index (Phi) is 5.99. The molecule has 5 nitrogen and oxygen atoms in total. The van der Waals surface area contributed by atoms with Crippen molar-refractivity contribution in [3.05, 3.63) is 95.4 Å². The standard InChI is InChI=1S/C27H27N3O2/c1-20-25(19-32-27-11-14-28-24-9-5-4-8-23(24)27)29-13-10-26(20)31-17-16-30-15-12-21-6-2-3-7-22(21)18-30/h2-11,13-14H,12,15-19H2,1H3. The molecule has 0 spiro atoms. The molecule has 0 saturated carbocycles. The van der Waals surface area contributed by atoms with Crippen LogP contribution in [0.15, 0.2) is 73.1 Å². The molecule has 0 amide bonds. The first-order valence-electron chi connectivity index (χ1n) is 11.1. The van der Waals surface area contributed by atoms with Gasteiger partial charge in [0, 0.05) is 43.0 Å². The second-order valence-electron chi connectivity index (χ2n) is 8.14. The van der Waals surface area contributed by atoms with Crippen molar-refractivity contribution in [1.29, 1.82) is 0 Å². The van der Waals surface area contributed by atoms with Gasteiger partial charge in [-0.15, -0.1) is 0 Å². The molecule has 0 aliphatic carbocycles. The van der Waals surface area contributed by atoms with E-state index in [2.05, 4.69) is 39.1 Å². The molecule has 5 heteroatoms. The van der Waals surface area contributed by atoms with E-state index in [1.165, 1.54) is 11.1 Å². The zero-order chi connectivity index (χ0) is 21.8. The molecule has 32 heavy (non-hydrogen) atoms. The summed E-state index contributed by atoms with van der Waals surface area (Å²) in [6.45, 7) is 6.07. The number of nitrogens with zero attached hydrogens (tertiary/aromatic N) is 3. The molecular formula is C27H27N3O2. The molecule has 0 atom stereocenters. The number of para-hydroxylation sites is 1. The van der Waals surface area contributed by atoms with Crippen LogP contribution in [0.1, 0.15) is 22.4 Å². The summed E-state index contributed by atoms with van der Waals surface area (Å²) in [6, 6.07) is 20.5. The van der Waals surface area contributed by atoms with E-state index in [4.69, 9.17) is 9.47 Å². The number of aromatic nitrogens is 2. The maximum Gasteiger partial charge on any atom is 0.131 e. The minimum absolute atomic E-state index is 0.389. The Balaban J connectivity index is 1.19. The number of fused-ring (bicyclic) bond motifs is 2. The SMILES string of the molecule is Cc1c(OCCN2CCc3ccccc3C2)ccnc1COc1ccnc2ccccc12. The fraction of sp³-hybridized carbons (Fsp3) is 0.259. The molecule has 2 aromatic heterocycles. The van der Waals surface area contributed by atoms with Gasteiger partial charge in [0.15, 0.2) is 0 Å². The lowest BCUT2D eigenvalue weighted by Crippen LogP contribution is -2.33. The molecular weight excluding hydrogens is 398 g/mol. The molecule has 162 valence electrons. The average Bonchev–Trinajstić information content (AvgIpc) is 2.84. The van der Waals surface area contributed by atoms with E-state index < -0.39 is 0 Å². The Morgan fingerprint density at radius 3 is 2.56 bits per heavy atom. The predicted octanol–water partition coefficient (Wildman–Crippen LogP) is 4.95. The highest BCUT2D eigenvalue weighted by molar-refractivity contribution is 5.84. The molecule has 0 saturated heterocycles. The fourth-order valence-corrected chi connectivity index (χ4v) is 4.23. The Morgan fingerprint density at radius 1 is 0.844 bits per heavy atom. The van der Waals surface area contributed by atoms with Crippen LogP contribution in [0.2, 0.25) is 0 Å². The van der Waals surface area contributed by atoms with Gasteiger partial charge in [0.25, 0.3) is 0 Å². The third-order valence-corrected chi connectivity index (χ3v) is 6.11. The first-order chi connectivity index (χ1) is 15.8. The quantitative estimate of drug-likeness (QED) is 0.419. The minimum atomic E-state index is 0.389. The van der Waals surface area contributed by atoms with Gasteiger partial charge in [-0.25, -0.2) is 0 Å². The van der Waals surface area contributed by atoms with Crippen LogP contribution < -0.4 is 9.47 Å². The van der Waals surface area contributed by atoms with E-state index in [0.717, 1.165) is 59.7 Å². The zero-order valence-electron chi connectivity index (χ0n) is 18.3. The van der Waals surface area contributed by atoms with E-state index in [9.17, 15) is 0 Å². The Morgan fingerprint density at radius 2 is 1.62 bits per heavy atom. The summed E-state index contributed by atoms with van der Waals surface area (Å²) in [5.41, 5.74) is 5.74. The number of pyridine rings is 2. The Bertz CT molecular complexity index is 1220. The van der Waals surface area contributed by atoms with Crippen LogP contribution in [0.4, 0.5) is 0 Å². The number of benzene rings is 2. The molecule has 0 unspecified atom stereocenters. The minimum Gasteiger partial charge on any atom is -0.492 e. The van der Waals surface area contributed by atoms with Crippen molar-refractivity contribution in [2.75, 3.05) is 19.7 Å². The van der Waals surface area contributed by atoms with Crippen molar-refractivity contribution in [1.82, 2.24) is 14.9 Å². The molecule has 5 rings (SSSR count). The molecule has 0 bridgehead atoms. The number of hydrogen-bond donors (Lipinski definition) is 0. The van der Waals surface area contributed by atoms with Crippen LogP contribution >= 0.6 is 0 Å². The van der Waals surface area contributed by atoms with Gasteiger partial charge in [-0.3, -0.25) is 14.9 Å². The van der Waals surface area contributed by atoms with E-state index in [0.29, 0.717) is 13.2 Å². The second-order valence-corrected chi connectivity index (χ2v) is 8.14. The predicted molar refractivity (Wildman–Crippen MR) is 126 cm³/mol. The van der Waals surface area contributed by atoms with Crippen molar-refractivity contribution < 1.29 is 9.47 Å². The highest BCUT2D eigenvalue weighted by Gasteiger charge is 2.16. The number of hydrogen-bond acceptors (Lipinski definition) is 5. The average molecular weight is 426 g/mol. The van der Waals surface area contributed by atoms with Gasteiger partial charge in [0.05, 0.1) is 11.2 Å². The van der Waals surface area contributed by atoms with Crippen molar-refractivity contribution in [3.8, 4) is 11.5 Å². The van der Waals surface area contributed by atoms with E-state index in [1.54, 1.807) is 12.4 Å². The number of rotatable bonds is 7. The van der Waals surface area contributed by atoms with Crippen molar-refractivity contribution >= 4 is 10.9 Å². The van der Waals surface area contributed by atoms with Crippen molar-refractivity contribution in [2.45, 2.75) is 26.5 Å². The molecule has 1 aliphatic rings. The van der Waals surface area contributed by atoms with Gasteiger partial charge < -0.3 is 9.47 Å². The lowest BCUT2D eigenvalue weighted by atomic mass is 10.0. The lowest BCUT2D eigenvalue weighted by molar-refractivity contribution is 0.195. The second kappa shape index (κ2) is 9.37. The lowest BCUT2D eigenvalue weighted by Gasteiger charge is -2.28. The van der Waals surface area contributed by atoms with Crippen LogP contribution in [0.25, 0.3) is 10.9 Å². The first kappa shape index (κ1) is 20.5. The smallest absolute Gasteiger partial charge is 0.131 e. The fourth-order valence-electron chi connectivity index (χ4n) is 4.23. The molecule has 4 aromatic rings. The van der Waals surface area contributed by atoms with Crippen LogP contribution in [-0.2, 0) is 19.6 Å². The first-order valence-corrected chi connectivity index (χ1v) is 11.1. The third kappa shape index (κ3) is 4.43. The van der Waals surface area contributed by atoms with E-state index in [1.807, 2.05) is 43.3 Å². The van der Waals surface area contributed by atoms with Gasteiger partial charge in [0.2, 0.25) is 0 Å². The third-order valence-electron chi connectivity index (χ3n) is 6.11. The van der Waals surface area contributed by atoms with Crippen LogP contribution in [0, 0.1) is 6.92 Å². The summed E-state index contributed by atoms with van der Waals surface area (Å²) in [7, 11) is 0. The zero-order valence-corrected chi connectivity index (χ0v) is 18.3. The van der Waals surface area contributed by atoms with Gasteiger partial charge >= 0.3 is 0 Å². The molecule has 2 aromatic carbocycles. The highest BCUT2D eigenvalue weighted by atomic mass is 16.5. The maximum atomic E-state index is 6.14. The molecule has 3 heterocycles. The molecule has 0 fully saturated rings. The van der Waals surface area contributed by atoms with Crippen molar-refractivity contribution in [3.63, 3.8) is 0 Å². The largest absolute Gasteiger partial charge is 0.492 e. The van der Waals surface area contributed by atoms with E-state index in [-0.39, 0.29) is 0 Å². The summed E-state index contributed by atoms with van der Waals surface area (Å²) in [5, 5.41) is 1.00. The Hall–Kier alpha value is -3.44. The Labute approximate surface area is 188 Å². The summed E-state index contributed by atoms with van der Waals surface area (Å²) >= 11 is 0. The molecule has 0 radical (unpaired) electrons. The maximum absolute atomic E-state index is 6.14. The molecule has 1 aliphatic heterocycles. The van der Waals surface area contributed by atoms with Crippen LogP contribution in [0.5, 0.6) is 11.5 Å². The summed E-state index contributed by atoms with van der Waals surface area (Å²) in [6.07, 6.45) is 4.68. The number of ether oxygens (including phenoxy) is 2. The highest BCUT2D eigenvalue weighted by Crippen LogP contribution is 2.26. The van der Waals surface area contributed by atoms with Crippen molar-refractivity contribution in [2.24, 2.45) is 0 Å². The van der Waals surface area contributed by atoms with Gasteiger partial charge in [-0.05, 0) is 48.7 Å². The molecule has 0 N–H and O–H groups in total. The monoisotopic (exact) mass is 425 g/mol. The van der Waals surface area contributed by atoms with Crippen LogP contribution in [0.3, 0.4) is 0 Å². The summed E-state index contributed by atoms with van der Waals surface area (Å²) in [5.74, 6) is 1.68. The van der Waals surface area contributed by atoms with E-state index >= 15 is 0 Å². The van der Waals surface area contributed by atoms with Crippen LogP contribution in [-0.4, -0.2) is 34.6 Å². The summed E-state index contributed by atoms with van der Waals surface area (Å²) < 4.78 is 12.3. The van der Waals surface area contributed by atoms with Gasteiger partial charge in [0.1, 0.15) is 24.7 Å². The topological polar surface area (TPSA) is 47.5 Å². The normalized spacial score (nSPS) is 13.7. The van der Waals surface area contributed by atoms with Gasteiger partial charge in [-0.1, -0.05) is 36.4 Å². The summed E-state index contributed by atoms with van der Waals surface area (Å²) in [4.78, 5) is 11.4. The van der Waals surface area contributed by atoms with Gasteiger partial charge in [-0.2, -0.15) is 0 Å².